The summed E-state index contributed by atoms with van der Waals surface area (Å²) in [7, 11) is 3.16. The smallest absolute Gasteiger partial charge is 0.229 e. The van der Waals surface area contributed by atoms with Crippen LogP contribution in [0.5, 0.6) is 11.5 Å². The molecule has 184 valence electrons. The highest BCUT2D eigenvalue weighted by molar-refractivity contribution is 5.97. The van der Waals surface area contributed by atoms with Crippen molar-refractivity contribution in [1.29, 1.82) is 0 Å². The van der Waals surface area contributed by atoms with Gasteiger partial charge in [-0.1, -0.05) is 6.07 Å². The van der Waals surface area contributed by atoms with Gasteiger partial charge in [-0.2, -0.15) is 5.10 Å². The number of anilines is 1. The molecule has 8 nitrogen and oxygen atoms in total. The third kappa shape index (κ3) is 5.29. The van der Waals surface area contributed by atoms with Gasteiger partial charge in [-0.25, -0.2) is 9.07 Å². The fourth-order valence-electron chi connectivity index (χ4n) is 4.34. The number of halogens is 1. The summed E-state index contributed by atoms with van der Waals surface area (Å²) in [4.78, 5) is 27.0. The van der Waals surface area contributed by atoms with E-state index in [0.29, 0.717) is 42.4 Å². The van der Waals surface area contributed by atoms with Gasteiger partial charge in [0.1, 0.15) is 5.69 Å². The molecule has 0 saturated carbocycles. The molecule has 9 heteroatoms. The Bertz CT molecular complexity index is 1260. The predicted octanol–water partition coefficient (Wildman–Crippen LogP) is 3.68. The van der Waals surface area contributed by atoms with E-state index in [0.717, 1.165) is 17.0 Å². The van der Waals surface area contributed by atoms with Gasteiger partial charge >= 0.3 is 0 Å². The van der Waals surface area contributed by atoms with Crippen LogP contribution in [0.15, 0.2) is 42.5 Å². The Morgan fingerprint density at radius 3 is 2.54 bits per heavy atom. The maximum absolute atomic E-state index is 14.7. The molecule has 1 saturated heterocycles. The number of hydrogen-bond donors (Lipinski definition) is 1. The van der Waals surface area contributed by atoms with Gasteiger partial charge in [0.15, 0.2) is 17.3 Å². The van der Waals surface area contributed by atoms with Crippen molar-refractivity contribution >= 4 is 17.5 Å². The first-order valence-electron chi connectivity index (χ1n) is 11.4. The first-order valence-corrected chi connectivity index (χ1v) is 11.4. The van der Waals surface area contributed by atoms with E-state index in [1.54, 1.807) is 31.3 Å². The number of aromatic nitrogens is 2. The molecule has 0 aliphatic carbocycles. The lowest BCUT2D eigenvalue weighted by molar-refractivity contribution is -0.128. The van der Waals surface area contributed by atoms with E-state index in [-0.39, 0.29) is 18.2 Å². The summed E-state index contributed by atoms with van der Waals surface area (Å²) >= 11 is 0. The van der Waals surface area contributed by atoms with Crippen LogP contribution in [-0.4, -0.2) is 53.8 Å². The van der Waals surface area contributed by atoms with Crippen molar-refractivity contribution in [2.45, 2.75) is 26.7 Å². The van der Waals surface area contributed by atoms with Crippen LogP contribution in [-0.2, 0) is 16.0 Å². The molecule has 0 bridgehead atoms. The number of nitrogens with zero attached hydrogens (tertiary/aromatic N) is 3. The van der Waals surface area contributed by atoms with E-state index < -0.39 is 11.7 Å². The first kappa shape index (κ1) is 24.3. The van der Waals surface area contributed by atoms with E-state index in [9.17, 15) is 14.0 Å². The molecule has 2 heterocycles. The highest BCUT2D eigenvalue weighted by Gasteiger charge is 2.34. The number of hydrogen-bond acceptors (Lipinski definition) is 5. The van der Waals surface area contributed by atoms with Crippen molar-refractivity contribution in [2.24, 2.45) is 5.92 Å². The van der Waals surface area contributed by atoms with Crippen LogP contribution >= 0.6 is 0 Å². The Kier molecular flexibility index (Phi) is 7.04. The van der Waals surface area contributed by atoms with Crippen LogP contribution in [0.2, 0.25) is 0 Å². The molecule has 1 atom stereocenters. The van der Waals surface area contributed by atoms with E-state index in [1.807, 2.05) is 38.1 Å². The minimum atomic E-state index is -0.494. The van der Waals surface area contributed by atoms with Gasteiger partial charge in [0.2, 0.25) is 11.8 Å². The topological polar surface area (TPSA) is 85.7 Å². The maximum atomic E-state index is 14.7. The average molecular weight is 481 g/mol. The molecule has 2 amide bonds. The van der Waals surface area contributed by atoms with Crippen molar-refractivity contribution in [3.63, 3.8) is 0 Å². The molecule has 1 N–H and O–H groups in total. The van der Waals surface area contributed by atoms with Crippen molar-refractivity contribution in [2.75, 3.05) is 32.6 Å². The van der Waals surface area contributed by atoms with Crippen LogP contribution in [0.25, 0.3) is 5.69 Å². The van der Waals surface area contributed by atoms with Crippen LogP contribution in [0.3, 0.4) is 0 Å². The number of likely N-dealkylation sites (tertiary alicyclic amines) is 1. The number of carbonyl (C=O) groups is 2. The lowest BCUT2D eigenvalue weighted by Crippen LogP contribution is -2.30. The summed E-state index contributed by atoms with van der Waals surface area (Å²) < 4.78 is 26.9. The highest BCUT2D eigenvalue weighted by Crippen LogP contribution is 2.28. The van der Waals surface area contributed by atoms with Crippen LogP contribution in [0.1, 0.15) is 23.4 Å². The van der Waals surface area contributed by atoms with Gasteiger partial charge in [-0.3, -0.25) is 9.59 Å². The third-order valence-corrected chi connectivity index (χ3v) is 6.16. The number of carbonyl (C=O) groups excluding carboxylic acids is 2. The minimum absolute atomic E-state index is 0.0725. The molecule has 1 aliphatic rings. The molecule has 3 aromatic rings. The summed E-state index contributed by atoms with van der Waals surface area (Å²) in [5, 5.41) is 7.05. The number of methoxy groups -OCH3 is 2. The minimum Gasteiger partial charge on any atom is -0.493 e. The second-order valence-electron chi connectivity index (χ2n) is 8.67. The lowest BCUT2D eigenvalue weighted by Gasteiger charge is -2.17. The standard InChI is InChI=1S/C26H29FN4O4/c1-16-11-17(2)31(29-16)22-7-6-20(14-21(22)27)28-26(33)19-13-25(32)30(15-19)10-9-18-5-8-23(34-3)24(12-18)35-4/h5-8,11-12,14,19H,9-10,13,15H2,1-4H3,(H,28,33). The van der Waals surface area contributed by atoms with Crippen molar-refractivity contribution in [1.82, 2.24) is 14.7 Å². The van der Waals surface area contributed by atoms with E-state index in [2.05, 4.69) is 10.4 Å². The summed E-state index contributed by atoms with van der Waals surface area (Å²) in [5.41, 5.74) is 3.26. The Hall–Kier alpha value is -3.88. The second-order valence-corrected chi connectivity index (χ2v) is 8.67. The average Bonchev–Trinajstić information content (AvgIpc) is 3.38. The molecule has 4 rings (SSSR count). The molecule has 0 spiro atoms. The zero-order valence-electron chi connectivity index (χ0n) is 20.3. The first-order chi connectivity index (χ1) is 16.8. The summed E-state index contributed by atoms with van der Waals surface area (Å²) in [5.74, 6) is -0.0858. The van der Waals surface area contributed by atoms with Crippen molar-refractivity contribution in [3.05, 3.63) is 65.2 Å². The summed E-state index contributed by atoms with van der Waals surface area (Å²) in [6.45, 7) is 4.51. The molecule has 2 aromatic carbocycles. The maximum Gasteiger partial charge on any atom is 0.229 e. The SMILES string of the molecule is COc1ccc(CCN2CC(C(=O)Nc3ccc(-n4nc(C)cc4C)c(F)c3)CC2=O)cc1OC. The van der Waals surface area contributed by atoms with Gasteiger partial charge < -0.3 is 19.7 Å². The second kappa shape index (κ2) is 10.2. The Morgan fingerprint density at radius 1 is 1.11 bits per heavy atom. The molecule has 1 fully saturated rings. The number of ether oxygens (including phenoxy) is 2. The fraction of sp³-hybridized carbons (Fsp3) is 0.346. The van der Waals surface area contributed by atoms with Gasteiger partial charge in [0.25, 0.3) is 0 Å². The third-order valence-electron chi connectivity index (χ3n) is 6.16. The van der Waals surface area contributed by atoms with Gasteiger partial charge in [-0.15, -0.1) is 0 Å². The molecule has 1 unspecified atom stereocenters. The Morgan fingerprint density at radius 2 is 1.89 bits per heavy atom. The number of benzene rings is 2. The van der Waals surface area contributed by atoms with Crippen LogP contribution in [0, 0.1) is 25.6 Å². The molecular weight excluding hydrogens is 451 g/mol. The van der Waals surface area contributed by atoms with Gasteiger partial charge in [0.05, 0.1) is 25.8 Å². The predicted molar refractivity (Wildman–Crippen MR) is 130 cm³/mol. The number of aryl methyl sites for hydroxylation is 2. The van der Waals surface area contributed by atoms with E-state index >= 15 is 0 Å². The van der Waals surface area contributed by atoms with Gasteiger partial charge in [0, 0.05) is 30.9 Å². The van der Waals surface area contributed by atoms with Crippen LogP contribution in [0.4, 0.5) is 10.1 Å². The molecule has 1 aliphatic heterocycles. The molecule has 0 radical (unpaired) electrons. The van der Waals surface area contributed by atoms with Crippen molar-refractivity contribution in [3.8, 4) is 17.2 Å². The quantitative estimate of drug-likeness (QED) is 0.532. The summed E-state index contributed by atoms with van der Waals surface area (Å²) in [6, 6.07) is 12.0. The van der Waals surface area contributed by atoms with E-state index in [4.69, 9.17) is 9.47 Å². The monoisotopic (exact) mass is 480 g/mol. The zero-order valence-corrected chi connectivity index (χ0v) is 20.3. The number of nitrogens with one attached hydrogen (secondary N) is 1. The summed E-state index contributed by atoms with van der Waals surface area (Å²) in [6.07, 6.45) is 0.753. The van der Waals surface area contributed by atoms with E-state index in [1.165, 1.54) is 10.7 Å². The Balaban J connectivity index is 1.36. The fourth-order valence-corrected chi connectivity index (χ4v) is 4.34. The normalized spacial score (nSPS) is 15.4. The largest absolute Gasteiger partial charge is 0.493 e. The zero-order chi connectivity index (χ0) is 25.1. The molecular formula is C26H29FN4O4. The number of rotatable bonds is 8. The highest BCUT2D eigenvalue weighted by atomic mass is 19.1. The molecule has 35 heavy (non-hydrogen) atoms. The van der Waals surface area contributed by atoms with Crippen molar-refractivity contribution < 1.29 is 23.5 Å². The lowest BCUT2D eigenvalue weighted by atomic mass is 10.1. The Labute approximate surface area is 203 Å². The van der Waals surface area contributed by atoms with Crippen LogP contribution < -0.4 is 14.8 Å². The molecule has 1 aromatic heterocycles. The number of amides is 2. The van der Waals surface area contributed by atoms with Gasteiger partial charge in [-0.05, 0) is 62.2 Å².